The van der Waals surface area contributed by atoms with E-state index in [2.05, 4.69) is 4.72 Å². The third kappa shape index (κ3) is 4.35. The van der Waals surface area contributed by atoms with Crippen molar-refractivity contribution in [1.29, 1.82) is 0 Å². The predicted molar refractivity (Wildman–Crippen MR) is 100 cm³/mol. The summed E-state index contributed by atoms with van der Waals surface area (Å²) in [6.45, 7) is 0.936. The van der Waals surface area contributed by atoms with E-state index in [1.807, 2.05) is 0 Å². The van der Waals surface area contributed by atoms with Gasteiger partial charge in [0.15, 0.2) is 0 Å². The standard InChI is InChI=1S/C18H19ClN2O4S/c19-16-4-1-2-5-17(16)25-13-11-20-26(23,24)15-9-7-14(8-10-15)21-12-3-6-18(21)22/h1-2,4-5,7-10,20H,3,6,11-13H2. The van der Waals surface area contributed by atoms with Gasteiger partial charge in [-0.05, 0) is 42.8 Å². The minimum atomic E-state index is -3.65. The lowest BCUT2D eigenvalue weighted by Gasteiger charge is -2.16. The van der Waals surface area contributed by atoms with Gasteiger partial charge in [0, 0.05) is 25.2 Å². The van der Waals surface area contributed by atoms with Gasteiger partial charge >= 0.3 is 0 Å². The van der Waals surface area contributed by atoms with Crippen molar-refractivity contribution in [2.24, 2.45) is 0 Å². The highest BCUT2D eigenvalue weighted by molar-refractivity contribution is 7.89. The zero-order valence-electron chi connectivity index (χ0n) is 14.0. The van der Waals surface area contributed by atoms with E-state index in [4.69, 9.17) is 16.3 Å². The van der Waals surface area contributed by atoms with Crippen LogP contribution in [0.1, 0.15) is 12.8 Å². The zero-order valence-corrected chi connectivity index (χ0v) is 15.6. The van der Waals surface area contributed by atoms with Gasteiger partial charge in [-0.2, -0.15) is 0 Å². The lowest BCUT2D eigenvalue weighted by atomic mass is 10.3. The lowest BCUT2D eigenvalue weighted by molar-refractivity contribution is -0.117. The Labute approximate surface area is 157 Å². The minimum Gasteiger partial charge on any atom is -0.491 e. The maximum Gasteiger partial charge on any atom is 0.240 e. The quantitative estimate of drug-likeness (QED) is 0.732. The van der Waals surface area contributed by atoms with Gasteiger partial charge in [0.05, 0.1) is 9.92 Å². The number of amides is 1. The number of benzene rings is 2. The van der Waals surface area contributed by atoms with Crippen molar-refractivity contribution >= 4 is 33.2 Å². The van der Waals surface area contributed by atoms with Crippen LogP contribution in [0.2, 0.25) is 5.02 Å². The Morgan fingerprint density at radius 3 is 2.50 bits per heavy atom. The highest BCUT2D eigenvalue weighted by atomic mass is 35.5. The largest absolute Gasteiger partial charge is 0.491 e. The van der Waals surface area contributed by atoms with E-state index in [1.165, 1.54) is 12.1 Å². The highest BCUT2D eigenvalue weighted by Crippen LogP contribution is 2.24. The number of rotatable bonds is 7. The van der Waals surface area contributed by atoms with Gasteiger partial charge in [0.1, 0.15) is 12.4 Å². The summed E-state index contributed by atoms with van der Waals surface area (Å²) < 4.78 is 32.6. The number of carbonyl (C=O) groups excluding carboxylic acids is 1. The second-order valence-electron chi connectivity index (χ2n) is 5.82. The van der Waals surface area contributed by atoms with Crippen molar-refractivity contribution in [3.05, 3.63) is 53.6 Å². The van der Waals surface area contributed by atoms with Gasteiger partial charge in [-0.1, -0.05) is 23.7 Å². The third-order valence-corrected chi connectivity index (χ3v) is 5.81. The Morgan fingerprint density at radius 1 is 1.12 bits per heavy atom. The zero-order chi connectivity index (χ0) is 18.6. The summed E-state index contributed by atoms with van der Waals surface area (Å²) in [5.41, 5.74) is 0.716. The summed E-state index contributed by atoms with van der Waals surface area (Å²) in [5.74, 6) is 0.573. The molecule has 1 N–H and O–H groups in total. The van der Waals surface area contributed by atoms with Crippen molar-refractivity contribution in [2.75, 3.05) is 24.6 Å². The first-order chi connectivity index (χ1) is 12.5. The van der Waals surface area contributed by atoms with Crippen LogP contribution in [0, 0.1) is 0 Å². The maximum atomic E-state index is 12.3. The molecule has 1 saturated heterocycles. The molecule has 2 aromatic carbocycles. The first kappa shape index (κ1) is 18.7. The van der Waals surface area contributed by atoms with Crippen molar-refractivity contribution in [3.63, 3.8) is 0 Å². The molecule has 0 atom stereocenters. The molecule has 1 fully saturated rings. The third-order valence-electron chi connectivity index (χ3n) is 4.02. The maximum absolute atomic E-state index is 12.3. The summed E-state index contributed by atoms with van der Waals surface area (Å²) in [7, 11) is -3.65. The van der Waals surface area contributed by atoms with Crippen LogP contribution in [0.5, 0.6) is 5.75 Å². The molecule has 0 saturated carbocycles. The van der Waals surface area contributed by atoms with Crippen LogP contribution in [0.25, 0.3) is 0 Å². The van der Waals surface area contributed by atoms with Crippen LogP contribution in [-0.4, -0.2) is 34.0 Å². The van der Waals surface area contributed by atoms with Gasteiger partial charge in [-0.25, -0.2) is 13.1 Å². The first-order valence-electron chi connectivity index (χ1n) is 8.25. The molecule has 0 aliphatic carbocycles. The molecule has 0 radical (unpaired) electrons. The molecular formula is C18H19ClN2O4S. The predicted octanol–water partition coefficient (Wildman–Crippen LogP) is 2.82. The van der Waals surface area contributed by atoms with Crippen LogP contribution in [-0.2, 0) is 14.8 Å². The SMILES string of the molecule is O=C1CCCN1c1ccc(S(=O)(=O)NCCOc2ccccc2Cl)cc1. The number of nitrogens with zero attached hydrogens (tertiary/aromatic N) is 1. The van der Waals surface area contributed by atoms with Crippen LogP contribution >= 0.6 is 11.6 Å². The Morgan fingerprint density at radius 2 is 1.85 bits per heavy atom. The Bertz CT molecular complexity index is 884. The second-order valence-corrected chi connectivity index (χ2v) is 7.99. The molecule has 3 rings (SSSR count). The smallest absolute Gasteiger partial charge is 0.240 e. The van der Waals surface area contributed by atoms with E-state index in [9.17, 15) is 13.2 Å². The van der Waals surface area contributed by atoms with E-state index < -0.39 is 10.0 Å². The van der Waals surface area contributed by atoms with E-state index >= 15 is 0 Å². The molecule has 26 heavy (non-hydrogen) atoms. The summed E-state index contributed by atoms with van der Waals surface area (Å²) in [4.78, 5) is 13.6. The van der Waals surface area contributed by atoms with Gasteiger partial charge in [-0.3, -0.25) is 4.79 Å². The van der Waals surface area contributed by atoms with Crippen molar-refractivity contribution in [1.82, 2.24) is 4.72 Å². The van der Waals surface area contributed by atoms with Crippen LogP contribution in [0.15, 0.2) is 53.4 Å². The molecule has 1 aliphatic heterocycles. The molecule has 2 aromatic rings. The number of halogens is 1. The molecule has 0 aromatic heterocycles. The van der Waals surface area contributed by atoms with Gasteiger partial charge in [0.2, 0.25) is 15.9 Å². The normalized spacial score (nSPS) is 14.7. The molecule has 0 unspecified atom stereocenters. The van der Waals surface area contributed by atoms with Gasteiger partial charge < -0.3 is 9.64 Å². The average molecular weight is 395 g/mol. The van der Waals surface area contributed by atoms with Gasteiger partial charge in [0.25, 0.3) is 0 Å². The summed E-state index contributed by atoms with van der Waals surface area (Å²) in [6.07, 6.45) is 1.36. The molecule has 0 bridgehead atoms. The lowest BCUT2D eigenvalue weighted by Crippen LogP contribution is -2.28. The number of carbonyl (C=O) groups is 1. The van der Waals surface area contributed by atoms with E-state index in [0.717, 1.165) is 6.42 Å². The summed E-state index contributed by atoms with van der Waals surface area (Å²) in [6, 6.07) is 13.3. The minimum absolute atomic E-state index is 0.0652. The van der Waals surface area contributed by atoms with E-state index in [0.29, 0.717) is 29.4 Å². The number of hydrogen-bond donors (Lipinski definition) is 1. The number of anilines is 1. The fourth-order valence-electron chi connectivity index (χ4n) is 2.71. The molecule has 1 heterocycles. The van der Waals surface area contributed by atoms with Crippen molar-refractivity contribution < 1.29 is 17.9 Å². The van der Waals surface area contributed by atoms with E-state index in [1.54, 1.807) is 41.3 Å². The second kappa shape index (κ2) is 8.07. The van der Waals surface area contributed by atoms with Crippen molar-refractivity contribution in [3.8, 4) is 5.75 Å². The van der Waals surface area contributed by atoms with Gasteiger partial charge in [-0.15, -0.1) is 0 Å². The van der Waals surface area contributed by atoms with E-state index in [-0.39, 0.29) is 24.0 Å². The Kier molecular flexibility index (Phi) is 5.80. The monoisotopic (exact) mass is 394 g/mol. The first-order valence-corrected chi connectivity index (χ1v) is 10.1. The number of hydrogen-bond acceptors (Lipinski definition) is 4. The Balaban J connectivity index is 1.56. The molecule has 1 amide bonds. The van der Waals surface area contributed by atoms with Crippen molar-refractivity contribution in [2.45, 2.75) is 17.7 Å². The molecule has 138 valence electrons. The number of nitrogens with one attached hydrogen (secondary N) is 1. The highest BCUT2D eigenvalue weighted by Gasteiger charge is 2.22. The Hall–Kier alpha value is -2.09. The molecule has 8 heteroatoms. The summed E-state index contributed by atoms with van der Waals surface area (Å²) >= 11 is 5.98. The molecule has 6 nitrogen and oxygen atoms in total. The topological polar surface area (TPSA) is 75.7 Å². The molecule has 0 spiro atoms. The number of sulfonamides is 1. The average Bonchev–Trinajstić information content (AvgIpc) is 3.06. The fourth-order valence-corrected chi connectivity index (χ4v) is 3.91. The van der Waals surface area contributed by atoms with Crippen LogP contribution < -0.4 is 14.4 Å². The van der Waals surface area contributed by atoms with Crippen LogP contribution in [0.4, 0.5) is 5.69 Å². The molecule has 1 aliphatic rings. The number of ether oxygens (including phenoxy) is 1. The summed E-state index contributed by atoms with van der Waals surface area (Å²) in [5, 5.41) is 0.474. The molecular weight excluding hydrogens is 376 g/mol. The number of para-hydroxylation sites is 1. The fraction of sp³-hybridized carbons (Fsp3) is 0.278. The van der Waals surface area contributed by atoms with Crippen LogP contribution in [0.3, 0.4) is 0 Å².